The summed E-state index contributed by atoms with van der Waals surface area (Å²) in [7, 11) is 0. The highest BCUT2D eigenvalue weighted by molar-refractivity contribution is 9.11. The van der Waals surface area contributed by atoms with E-state index >= 15 is 0 Å². The topological polar surface area (TPSA) is 32.3 Å². The number of phenols is 1. The second kappa shape index (κ2) is 6.16. The second-order valence-corrected chi connectivity index (χ2v) is 6.31. The third kappa shape index (κ3) is 3.44. The fourth-order valence-electron chi connectivity index (χ4n) is 1.77. The van der Waals surface area contributed by atoms with E-state index in [1.165, 1.54) is 0 Å². The molecule has 19 heavy (non-hydrogen) atoms. The van der Waals surface area contributed by atoms with E-state index in [9.17, 15) is 5.11 Å². The first-order valence-corrected chi connectivity index (χ1v) is 7.61. The molecule has 2 aromatic rings. The molecule has 5 heteroatoms. The molecule has 2 N–H and O–H groups in total. The second-order valence-electron chi connectivity index (χ2n) is 4.19. The molecule has 2 aromatic carbocycles. The van der Waals surface area contributed by atoms with E-state index < -0.39 is 0 Å². The molecule has 0 bridgehead atoms. The number of hydrogen-bond acceptors (Lipinski definition) is 2. The Morgan fingerprint density at radius 2 is 1.84 bits per heavy atom. The molecular weight excluding hydrogens is 393 g/mol. The highest BCUT2D eigenvalue weighted by Gasteiger charge is 2.07. The van der Waals surface area contributed by atoms with Crippen molar-refractivity contribution in [3.63, 3.8) is 0 Å². The lowest BCUT2D eigenvalue weighted by Crippen LogP contribution is -2.02. The molecule has 0 fully saturated rings. The largest absolute Gasteiger partial charge is 0.506 e. The van der Waals surface area contributed by atoms with Crippen molar-refractivity contribution in [3.05, 3.63) is 55.4 Å². The van der Waals surface area contributed by atoms with E-state index in [1.54, 1.807) is 0 Å². The Bertz CT molecular complexity index is 573. The van der Waals surface area contributed by atoms with Gasteiger partial charge in [0.2, 0.25) is 0 Å². The molecular formula is C14H12Br2ClNO. The van der Waals surface area contributed by atoms with Gasteiger partial charge in [0.25, 0.3) is 0 Å². The molecule has 0 spiro atoms. The van der Waals surface area contributed by atoms with Crippen LogP contribution in [0.1, 0.15) is 11.1 Å². The summed E-state index contributed by atoms with van der Waals surface area (Å²) >= 11 is 12.8. The van der Waals surface area contributed by atoms with E-state index in [1.807, 2.05) is 37.3 Å². The number of benzene rings is 2. The van der Waals surface area contributed by atoms with Gasteiger partial charge in [0, 0.05) is 6.54 Å². The summed E-state index contributed by atoms with van der Waals surface area (Å²) in [4.78, 5) is 0. The smallest absolute Gasteiger partial charge is 0.143 e. The summed E-state index contributed by atoms with van der Waals surface area (Å²) in [6.45, 7) is 2.64. The minimum absolute atomic E-state index is 0.206. The fraction of sp³-hybridized carbons (Fsp3) is 0.143. The normalized spacial score (nSPS) is 10.5. The standard InChI is InChI=1S/C14H12Br2ClNO/c1-8-3-2-4-12(17)13(8)18-7-9-5-10(15)14(19)11(16)6-9/h2-6,18-19H,7H2,1H3. The van der Waals surface area contributed by atoms with Crippen molar-refractivity contribution in [1.29, 1.82) is 0 Å². The van der Waals surface area contributed by atoms with Gasteiger partial charge in [0.05, 0.1) is 19.7 Å². The van der Waals surface area contributed by atoms with E-state index in [4.69, 9.17) is 11.6 Å². The maximum absolute atomic E-state index is 9.67. The Morgan fingerprint density at radius 1 is 1.21 bits per heavy atom. The number of rotatable bonds is 3. The first-order chi connectivity index (χ1) is 8.99. The number of aryl methyl sites for hydroxylation is 1. The van der Waals surface area contributed by atoms with E-state index in [0.29, 0.717) is 20.5 Å². The Kier molecular flexibility index (Phi) is 4.76. The van der Waals surface area contributed by atoms with Gasteiger partial charge in [0.1, 0.15) is 5.75 Å². The average molecular weight is 406 g/mol. The van der Waals surface area contributed by atoms with Gasteiger partial charge in [-0.1, -0.05) is 23.7 Å². The Morgan fingerprint density at radius 3 is 2.42 bits per heavy atom. The van der Waals surface area contributed by atoms with Crippen LogP contribution in [-0.4, -0.2) is 5.11 Å². The first kappa shape index (κ1) is 14.7. The molecule has 0 radical (unpaired) electrons. The van der Waals surface area contributed by atoms with Crippen molar-refractivity contribution < 1.29 is 5.11 Å². The molecule has 0 unspecified atom stereocenters. The number of aromatic hydroxyl groups is 1. The number of halogens is 3. The molecule has 0 saturated carbocycles. The van der Waals surface area contributed by atoms with Crippen molar-refractivity contribution in [2.75, 3.05) is 5.32 Å². The minimum atomic E-state index is 0.206. The van der Waals surface area contributed by atoms with Crippen LogP contribution in [0.5, 0.6) is 5.75 Å². The van der Waals surface area contributed by atoms with Crippen molar-refractivity contribution in [3.8, 4) is 5.75 Å². The van der Waals surface area contributed by atoms with Crippen LogP contribution in [0.25, 0.3) is 0 Å². The van der Waals surface area contributed by atoms with Gasteiger partial charge in [-0.05, 0) is 68.1 Å². The molecule has 0 aliphatic rings. The molecule has 100 valence electrons. The molecule has 0 heterocycles. The Labute approximate surface area is 134 Å². The highest BCUT2D eigenvalue weighted by Crippen LogP contribution is 2.34. The summed E-state index contributed by atoms with van der Waals surface area (Å²) in [6.07, 6.45) is 0. The first-order valence-electron chi connectivity index (χ1n) is 5.65. The number of phenolic OH excluding ortho intramolecular Hbond substituents is 1. The predicted molar refractivity (Wildman–Crippen MR) is 87.0 cm³/mol. The summed E-state index contributed by atoms with van der Waals surface area (Å²) in [5, 5.41) is 13.7. The van der Waals surface area contributed by atoms with Crippen LogP contribution in [0.4, 0.5) is 5.69 Å². The number of hydrogen-bond donors (Lipinski definition) is 2. The van der Waals surface area contributed by atoms with Crippen LogP contribution in [0.15, 0.2) is 39.3 Å². The van der Waals surface area contributed by atoms with Crippen molar-refractivity contribution in [2.45, 2.75) is 13.5 Å². The van der Waals surface area contributed by atoms with E-state index in [2.05, 4.69) is 37.2 Å². The Hall–Kier alpha value is -0.710. The van der Waals surface area contributed by atoms with Crippen LogP contribution in [0.2, 0.25) is 5.02 Å². The zero-order valence-electron chi connectivity index (χ0n) is 10.2. The van der Waals surface area contributed by atoms with Gasteiger partial charge in [-0.2, -0.15) is 0 Å². The lowest BCUT2D eigenvalue weighted by Gasteiger charge is -2.12. The lowest BCUT2D eigenvalue weighted by molar-refractivity contribution is 0.468. The highest BCUT2D eigenvalue weighted by atomic mass is 79.9. The fourth-order valence-corrected chi connectivity index (χ4v) is 3.34. The molecule has 0 aliphatic heterocycles. The SMILES string of the molecule is Cc1cccc(Cl)c1NCc1cc(Br)c(O)c(Br)c1. The quantitative estimate of drug-likeness (QED) is 0.708. The number of anilines is 1. The molecule has 0 amide bonds. The van der Waals surface area contributed by atoms with Gasteiger partial charge in [-0.3, -0.25) is 0 Å². The maximum atomic E-state index is 9.67. The zero-order valence-corrected chi connectivity index (χ0v) is 14.1. The van der Waals surface area contributed by atoms with Gasteiger partial charge in [-0.15, -0.1) is 0 Å². The van der Waals surface area contributed by atoms with Crippen LogP contribution in [-0.2, 0) is 6.54 Å². The van der Waals surface area contributed by atoms with Crippen LogP contribution in [0, 0.1) is 6.92 Å². The summed E-state index contributed by atoms with van der Waals surface area (Å²) in [5.74, 6) is 0.206. The molecule has 0 aliphatic carbocycles. The molecule has 0 saturated heterocycles. The third-order valence-corrected chi connectivity index (χ3v) is 4.29. The van der Waals surface area contributed by atoms with Gasteiger partial charge >= 0.3 is 0 Å². The molecule has 2 nitrogen and oxygen atoms in total. The molecule has 0 aromatic heterocycles. The molecule has 2 rings (SSSR count). The maximum Gasteiger partial charge on any atom is 0.143 e. The van der Waals surface area contributed by atoms with Crippen molar-refractivity contribution in [2.24, 2.45) is 0 Å². The Balaban J connectivity index is 2.19. The number of nitrogens with one attached hydrogen (secondary N) is 1. The predicted octanol–water partition coefficient (Wildman–Crippen LogP) is 5.49. The van der Waals surface area contributed by atoms with Crippen molar-refractivity contribution >= 4 is 49.1 Å². The van der Waals surface area contributed by atoms with Crippen LogP contribution >= 0.6 is 43.5 Å². The average Bonchev–Trinajstić information content (AvgIpc) is 2.35. The van der Waals surface area contributed by atoms with E-state index in [-0.39, 0.29) is 5.75 Å². The zero-order chi connectivity index (χ0) is 14.0. The van der Waals surface area contributed by atoms with Crippen LogP contribution < -0.4 is 5.32 Å². The van der Waals surface area contributed by atoms with Crippen LogP contribution in [0.3, 0.4) is 0 Å². The number of para-hydroxylation sites is 1. The summed E-state index contributed by atoms with van der Waals surface area (Å²) in [5.41, 5.74) is 3.07. The van der Waals surface area contributed by atoms with Gasteiger partial charge in [-0.25, -0.2) is 0 Å². The summed E-state index contributed by atoms with van der Waals surface area (Å²) in [6, 6.07) is 9.55. The van der Waals surface area contributed by atoms with Gasteiger partial charge in [0.15, 0.2) is 0 Å². The van der Waals surface area contributed by atoms with Gasteiger partial charge < -0.3 is 10.4 Å². The van der Waals surface area contributed by atoms with E-state index in [0.717, 1.165) is 16.8 Å². The van der Waals surface area contributed by atoms with Crippen molar-refractivity contribution in [1.82, 2.24) is 0 Å². The monoisotopic (exact) mass is 403 g/mol. The summed E-state index contributed by atoms with van der Waals surface area (Å²) < 4.78 is 1.32. The molecule has 0 atom stereocenters. The lowest BCUT2D eigenvalue weighted by atomic mass is 10.1. The third-order valence-electron chi connectivity index (χ3n) is 2.77. The minimum Gasteiger partial charge on any atom is -0.506 e.